The van der Waals surface area contributed by atoms with Gasteiger partial charge in [-0.15, -0.1) is 6.58 Å². The van der Waals surface area contributed by atoms with Gasteiger partial charge in [-0.2, -0.15) is 5.10 Å². The highest BCUT2D eigenvalue weighted by Gasteiger charge is 1.92. The molecule has 1 aromatic carbocycles. The Balaban J connectivity index is 2.50. The number of nitrogens with zero attached hydrogens (tertiary/aromatic N) is 1. The van der Waals surface area contributed by atoms with E-state index in [4.69, 9.17) is 17.0 Å². The first-order valence-corrected chi connectivity index (χ1v) is 6.57. The van der Waals surface area contributed by atoms with Crippen LogP contribution in [0.2, 0.25) is 0 Å². The van der Waals surface area contributed by atoms with Crippen molar-refractivity contribution in [2.45, 2.75) is 6.92 Å². The molecular formula is C15H19N3OS. The second-order valence-electron chi connectivity index (χ2n) is 3.97. The summed E-state index contributed by atoms with van der Waals surface area (Å²) in [5.74, 6) is 0.841. The molecule has 106 valence electrons. The van der Waals surface area contributed by atoms with Crippen LogP contribution in [0.4, 0.5) is 0 Å². The summed E-state index contributed by atoms with van der Waals surface area (Å²) in [5, 5.41) is 7.55. The summed E-state index contributed by atoms with van der Waals surface area (Å²) in [4.78, 5) is 0. The van der Waals surface area contributed by atoms with Crippen molar-refractivity contribution in [2.24, 2.45) is 5.10 Å². The summed E-state index contributed by atoms with van der Waals surface area (Å²) >= 11 is 5.03. The second-order valence-corrected chi connectivity index (χ2v) is 4.38. The topological polar surface area (TPSA) is 45.7 Å². The average Bonchev–Trinajstić information content (AvgIpc) is 2.49. The van der Waals surface area contributed by atoms with Gasteiger partial charge in [-0.25, -0.2) is 0 Å². The van der Waals surface area contributed by atoms with Crippen LogP contribution < -0.4 is 15.5 Å². The molecule has 5 heteroatoms. The minimum absolute atomic E-state index is 0.474. The zero-order valence-corrected chi connectivity index (χ0v) is 12.5. The number of hydrazone groups is 1. The third-order valence-electron chi connectivity index (χ3n) is 2.37. The molecular weight excluding hydrogens is 270 g/mol. The van der Waals surface area contributed by atoms with Gasteiger partial charge in [0.25, 0.3) is 0 Å². The van der Waals surface area contributed by atoms with Crippen LogP contribution in [-0.2, 0) is 0 Å². The van der Waals surface area contributed by atoms with E-state index < -0.39 is 0 Å². The summed E-state index contributed by atoms with van der Waals surface area (Å²) in [6, 6.07) is 7.79. The van der Waals surface area contributed by atoms with Gasteiger partial charge in [-0.3, -0.25) is 5.43 Å². The van der Waals surface area contributed by atoms with Crippen LogP contribution in [0.15, 0.2) is 48.1 Å². The lowest BCUT2D eigenvalue weighted by Gasteiger charge is -2.04. The van der Waals surface area contributed by atoms with Gasteiger partial charge in [-0.05, 0) is 42.9 Å². The third-order valence-corrected chi connectivity index (χ3v) is 2.61. The molecule has 0 fully saturated rings. The molecule has 0 aromatic heterocycles. The highest BCUT2D eigenvalue weighted by Crippen LogP contribution is 2.12. The van der Waals surface area contributed by atoms with E-state index in [0.717, 1.165) is 17.0 Å². The Bertz CT molecular complexity index is 506. The number of nitrogens with one attached hydrogen (secondary N) is 2. The number of thiocarbonyl (C=S) groups is 1. The molecule has 0 aliphatic rings. The standard InChI is InChI=1S/C15H19N3OS/c1-4-11-16-15(20)18-17-12(2)5-6-13-7-9-14(19-3)10-8-13/h4-10H,1,11H2,2-3H3,(H2,16,18,20)/b6-5+,17-12+. The molecule has 0 saturated heterocycles. The van der Waals surface area contributed by atoms with E-state index in [-0.39, 0.29) is 0 Å². The van der Waals surface area contributed by atoms with Crippen LogP contribution in [-0.4, -0.2) is 24.5 Å². The van der Waals surface area contributed by atoms with Gasteiger partial charge in [0.2, 0.25) is 0 Å². The fourth-order valence-corrected chi connectivity index (χ4v) is 1.44. The van der Waals surface area contributed by atoms with E-state index in [2.05, 4.69) is 22.4 Å². The Morgan fingerprint density at radius 2 is 2.10 bits per heavy atom. The molecule has 0 aliphatic heterocycles. The van der Waals surface area contributed by atoms with Crippen molar-refractivity contribution in [1.82, 2.24) is 10.7 Å². The Morgan fingerprint density at radius 3 is 2.70 bits per heavy atom. The number of rotatable bonds is 6. The van der Waals surface area contributed by atoms with Gasteiger partial charge in [0.05, 0.1) is 12.8 Å². The maximum absolute atomic E-state index is 5.11. The number of allylic oxidation sites excluding steroid dienone is 1. The largest absolute Gasteiger partial charge is 0.497 e. The number of benzene rings is 1. The number of methoxy groups -OCH3 is 1. The zero-order chi connectivity index (χ0) is 14.8. The van der Waals surface area contributed by atoms with Crippen molar-refractivity contribution < 1.29 is 4.74 Å². The predicted octanol–water partition coefficient (Wildman–Crippen LogP) is 2.73. The maximum Gasteiger partial charge on any atom is 0.187 e. The molecule has 1 aromatic rings. The molecule has 0 bridgehead atoms. The normalized spacial score (nSPS) is 11.2. The summed E-state index contributed by atoms with van der Waals surface area (Å²) in [6.45, 7) is 6.10. The van der Waals surface area contributed by atoms with E-state index in [1.165, 1.54) is 0 Å². The van der Waals surface area contributed by atoms with E-state index in [0.29, 0.717) is 11.7 Å². The van der Waals surface area contributed by atoms with Gasteiger partial charge in [-0.1, -0.05) is 24.3 Å². The van der Waals surface area contributed by atoms with E-state index in [9.17, 15) is 0 Å². The average molecular weight is 289 g/mol. The van der Waals surface area contributed by atoms with Crippen LogP contribution in [0.1, 0.15) is 12.5 Å². The molecule has 0 spiro atoms. The molecule has 1 rings (SSSR count). The smallest absolute Gasteiger partial charge is 0.187 e. The molecule has 0 atom stereocenters. The first-order valence-electron chi connectivity index (χ1n) is 6.17. The summed E-state index contributed by atoms with van der Waals surface area (Å²) in [6.07, 6.45) is 5.61. The Hall–Kier alpha value is -2.14. The number of ether oxygens (including phenoxy) is 1. The monoisotopic (exact) mass is 289 g/mol. The molecule has 4 nitrogen and oxygen atoms in total. The lowest BCUT2D eigenvalue weighted by atomic mass is 10.2. The van der Waals surface area contributed by atoms with Crippen molar-refractivity contribution in [1.29, 1.82) is 0 Å². The molecule has 0 amide bonds. The highest BCUT2D eigenvalue weighted by atomic mass is 32.1. The molecule has 0 aliphatic carbocycles. The van der Waals surface area contributed by atoms with Crippen molar-refractivity contribution in [2.75, 3.05) is 13.7 Å². The van der Waals surface area contributed by atoms with Gasteiger partial charge in [0.1, 0.15) is 5.75 Å². The van der Waals surface area contributed by atoms with Crippen molar-refractivity contribution in [3.63, 3.8) is 0 Å². The molecule has 0 radical (unpaired) electrons. The summed E-state index contributed by atoms with van der Waals surface area (Å²) in [7, 11) is 1.65. The first kappa shape index (κ1) is 15.9. The molecule has 0 unspecified atom stereocenters. The zero-order valence-electron chi connectivity index (χ0n) is 11.7. The predicted molar refractivity (Wildman–Crippen MR) is 89.1 cm³/mol. The van der Waals surface area contributed by atoms with Crippen molar-refractivity contribution in [3.8, 4) is 5.75 Å². The molecule has 0 heterocycles. The maximum atomic E-state index is 5.11. The fraction of sp³-hybridized carbons (Fsp3) is 0.200. The van der Waals surface area contributed by atoms with E-state index in [1.54, 1.807) is 13.2 Å². The van der Waals surface area contributed by atoms with Gasteiger partial charge < -0.3 is 10.1 Å². The Kier molecular flexibility index (Phi) is 7.06. The van der Waals surface area contributed by atoms with Crippen LogP contribution in [0, 0.1) is 0 Å². The van der Waals surface area contributed by atoms with Gasteiger partial charge >= 0.3 is 0 Å². The van der Waals surface area contributed by atoms with Crippen LogP contribution in [0.3, 0.4) is 0 Å². The third kappa shape index (κ3) is 6.15. The van der Waals surface area contributed by atoms with Gasteiger partial charge in [0, 0.05) is 6.54 Å². The Morgan fingerprint density at radius 1 is 1.40 bits per heavy atom. The van der Waals surface area contributed by atoms with Crippen molar-refractivity contribution >= 4 is 29.1 Å². The lowest BCUT2D eigenvalue weighted by Crippen LogP contribution is -2.32. The minimum atomic E-state index is 0.474. The quantitative estimate of drug-likeness (QED) is 0.366. The van der Waals surface area contributed by atoms with E-state index in [1.807, 2.05) is 43.3 Å². The SMILES string of the molecule is C=CCNC(=S)N/N=C(C)/C=C/c1ccc(OC)cc1. The first-order chi connectivity index (χ1) is 9.65. The van der Waals surface area contributed by atoms with Crippen LogP contribution >= 0.6 is 12.2 Å². The lowest BCUT2D eigenvalue weighted by molar-refractivity contribution is 0.415. The fourth-order valence-electron chi connectivity index (χ4n) is 1.31. The second kappa shape index (κ2) is 8.87. The molecule has 2 N–H and O–H groups in total. The van der Waals surface area contributed by atoms with E-state index >= 15 is 0 Å². The summed E-state index contributed by atoms with van der Waals surface area (Å²) in [5.41, 5.74) is 4.66. The minimum Gasteiger partial charge on any atom is -0.497 e. The molecule has 20 heavy (non-hydrogen) atoms. The summed E-state index contributed by atoms with van der Waals surface area (Å²) < 4.78 is 5.11. The van der Waals surface area contributed by atoms with Crippen LogP contribution in [0.5, 0.6) is 5.75 Å². The van der Waals surface area contributed by atoms with Gasteiger partial charge in [0.15, 0.2) is 5.11 Å². The highest BCUT2D eigenvalue weighted by molar-refractivity contribution is 7.80. The van der Waals surface area contributed by atoms with Crippen LogP contribution in [0.25, 0.3) is 6.08 Å². The molecule has 0 saturated carbocycles. The Labute approximate surface area is 125 Å². The van der Waals surface area contributed by atoms with Crippen molar-refractivity contribution in [3.05, 3.63) is 48.6 Å². The number of hydrogen-bond acceptors (Lipinski definition) is 3. The number of hydrogen-bond donors (Lipinski definition) is 2.